The quantitative estimate of drug-likeness (QED) is 0.227. The number of tetrazole rings is 1. The van der Waals surface area contributed by atoms with Crippen molar-refractivity contribution >= 4 is 17.7 Å². The lowest BCUT2D eigenvalue weighted by Crippen LogP contribution is -2.55. The van der Waals surface area contributed by atoms with Crippen LogP contribution < -0.4 is 10.6 Å². The maximum Gasteiger partial charge on any atom is 0.252 e. The van der Waals surface area contributed by atoms with Crippen LogP contribution >= 0.6 is 0 Å². The minimum absolute atomic E-state index is 0.0235. The summed E-state index contributed by atoms with van der Waals surface area (Å²) in [6.07, 6.45) is -5.56. The Morgan fingerprint density at radius 3 is 2.39 bits per heavy atom. The molecule has 1 aliphatic heterocycles. The molecule has 1 aliphatic rings. The smallest absolute Gasteiger partial charge is 0.252 e. The molecule has 0 saturated carbocycles. The van der Waals surface area contributed by atoms with Crippen molar-refractivity contribution in [1.82, 2.24) is 36.2 Å². The summed E-state index contributed by atoms with van der Waals surface area (Å²) in [5, 5.41) is 28.0. The van der Waals surface area contributed by atoms with E-state index in [2.05, 4.69) is 31.3 Å². The van der Waals surface area contributed by atoms with Crippen LogP contribution in [0.2, 0.25) is 0 Å². The molecule has 0 bridgehead atoms. The van der Waals surface area contributed by atoms with Crippen LogP contribution in [0, 0.1) is 17.6 Å². The SMILES string of the molecule is CC(C)[C@H](O)C(=O)N1C[C@H](c2ccccc2)C[C@H]1C(=O)N[C@@H](CC(F)F)C(=O)NCCc1c(F)cc(-c2nn[nH]n2)cc1F. The van der Waals surface area contributed by atoms with Gasteiger partial charge in [-0.3, -0.25) is 14.4 Å². The number of nitrogens with one attached hydrogen (secondary N) is 3. The first kappa shape index (κ1) is 32.5. The highest BCUT2D eigenvalue weighted by molar-refractivity contribution is 5.93. The standard InChI is InChI=1S/C29H33F4N7O4/c1-15(2)25(41)29(44)40-14-18(16-6-4-3-5-7-16)12-23(40)28(43)35-22(13-24(32)33)27(42)34-9-8-19-20(30)10-17(11-21(19)31)26-36-38-39-37-26/h3-7,10-11,15,18,22-25,41H,8-9,12-14H2,1-2H3,(H,34,42)(H,35,43)(H,36,37,38,39)/t18-,22+,23+,25+/m1/s1. The normalized spacial score (nSPS) is 18.0. The highest BCUT2D eigenvalue weighted by atomic mass is 19.3. The van der Waals surface area contributed by atoms with Gasteiger partial charge in [-0.05, 0) is 41.7 Å². The summed E-state index contributed by atoms with van der Waals surface area (Å²) in [6.45, 7) is 3.07. The number of aliphatic hydroxyl groups excluding tert-OH is 1. The molecular formula is C29H33F4N7O4. The second-order valence-corrected chi connectivity index (χ2v) is 10.9. The van der Waals surface area contributed by atoms with Crippen LogP contribution in [0.4, 0.5) is 17.6 Å². The number of H-pyrrole nitrogens is 1. The lowest BCUT2D eigenvalue weighted by molar-refractivity contribution is -0.147. The molecule has 0 radical (unpaired) electrons. The molecular weight excluding hydrogens is 586 g/mol. The van der Waals surface area contributed by atoms with Crippen molar-refractivity contribution in [2.75, 3.05) is 13.1 Å². The summed E-state index contributed by atoms with van der Waals surface area (Å²) >= 11 is 0. The molecule has 1 fully saturated rings. The summed E-state index contributed by atoms with van der Waals surface area (Å²) in [6, 6.07) is 8.28. The van der Waals surface area contributed by atoms with Gasteiger partial charge in [0.15, 0.2) is 0 Å². The van der Waals surface area contributed by atoms with E-state index in [1.807, 2.05) is 18.2 Å². The van der Waals surface area contributed by atoms with Crippen molar-refractivity contribution in [1.29, 1.82) is 0 Å². The average molecular weight is 620 g/mol. The molecule has 236 valence electrons. The zero-order valence-corrected chi connectivity index (χ0v) is 24.0. The number of hydrogen-bond donors (Lipinski definition) is 4. The molecule has 0 spiro atoms. The Bertz CT molecular complexity index is 1420. The lowest BCUT2D eigenvalue weighted by Gasteiger charge is -2.29. The van der Waals surface area contributed by atoms with E-state index < -0.39 is 66.3 Å². The molecule has 4 rings (SSSR count). The van der Waals surface area contributed by atoms with Gasteiger partial charge in [0.05, 0.1) is 0 Å². The topological polar surface area (TPSA) is 153 Å². The highest BCUT2D eigenvalue weighted by Gasteiger charge is 2.43. The van der Waals surface area contributed by atoms with Crippen LogP contribution in [0.25, 0.3) is 11.4 Å². The van der Waals surface area contributed by atoms with Gasteiger partial charge < -0.3 is 20.6 Å². The van der Waals surface area contributed by atoms with Crippen molar-refractivity contribution in [2.45, 2.75) is 63.6 Å². The summed E-state index contributed by atoms with van der Waals surface area (Å²) in [5.41, 5.74) is 0.533. The van der Waals surface area contributed by atoms with E-state index in [-0.39, 0.29) is 48.8 Å². The number of halogens is 4. The zero-order valence-electron chi connectivity index (χ0n) is 24.0. The number of aromatic nitrogens is 4. The first-order valence-electron chi connectivity index (χ1n) is 14.1. The third-order valence-electron chi connectivity index (χ3n) is 7.51. The van der Waals surface area contributed by atoms with Gasteiger partial charge in [-0.25, -0.2) is 17.6 Å². The Labute approximate surface area is 250 Å². The number of rotatable bonds is 12. The summed E-state index contributed by atoms with van der Waals surface area (Å²) < 4.78 is 56.2. The van der Waals surface area contributed by atoms with Crippen LogP contribution in [-0.2, 0) is 20.8 Å². The molecule has 4 atom stereocenters. The van der Waals surface area contributed by atoms with Crippen LogP contribution in [0.15, 0.2) is 42.5 Å². The number of amides is 3. The molecule has 4 N–H and O–H groups in total. The Balaban J connectivity index is 1.44. The molecule has 1 saturated heterocycles. The number of aliphatic hydroxyl groups is 1. The van der Waals surface area contributed by atoms with Crippen LogP contribution in [-0.4, -0.2) is 86.1 Å². The van der Waals surface area contributed by atoms with Crippen molar-refractivity contribution in [3.63, 3.8) is 0 Å². The summed E-state index contributed by atoms with van der Waals surface area (Å²) in [5.74, 6) is -5.09. The van der Waals surface area contributed by atoms with E-state index in [0.29, 0.717) is 0 Å². The van der Waals surface area contributed by atoms with Crippen molar-refractivity contribution in [3.8, 4) is 11.4 Å². The predicted molar refractivity (Wildman–Crippen MR) is 149 cm³/mol. The number of likely N-dealkylation sites (tertiary alicyclic amines) is 1. The molecule has 1 aromatic heterocycles. The van der Waals surface area contributed by atoms with Crippen LogP contribution in [0.1, 0.15) is 43.7 Å². The number of alkyl halides is 2. The number of aromatic amines is 1. The van der Waals surface area contributed by atoms with Gasteiger partial charge in [0.25, 0.3) is 5.91 Å². The molecule has 2 heterocycles. The van der Waals surface area contributed by atoms with Crippen molar-refractivity contribution in [3.05, 3.63) is 65.2 Å². The van der Waals surface area contributed by atoms with Gasteiger partial charge in [0, 0.05) is 36.6 Å². The summed E-state index contributed by atoms with van der Waals surface area (Å²) in [4.78, 5) is 40.7. The maximum atomic E-state index is 14.6. The first-order valence-corrected chi connectivity index (χ1v) is 14.1. The van der Waals surface area contributed by atoms with Crippen LogP contribution in [0.5, 0.6) is 0 Å². The predicted octanol–water partition coefficient (Wildman–Crippen LogP) is 2.35. The second-order valence-electron chi connectivity index (χ2n) is 10.9. The van der Waals surface area contributed by atoms with Gasteiger partial charge in [-0.15, -0.1) is 10.2 Å². The fraction of sp³-hybridized carbons (Fsp3) is 0.448. The zero-order chi connectivity index (χ0) is 32.0. The van der Waals surface area contributed by atoms with Gasteiger partial charge in [0.1, 0.15) is 29.8 Å². The monoisotopic (exact) mass is 619 g/mol. The van der Waals surface area contributed by atoms with E-state index in [1.165, 1.54) is 4.90 Å². The van der Waals surface area contributed by atoms with Gasteiger partial charge in [0.2, 0.25) is 24.1 Å². The van der Waals surface area contributed by atoms with Crippen molar-refractivity contribution in [2.24, 2.45) is 5.92 Å². The molecule has 0 aliphatic carbocycles. The van der Waals surface area contributed by atoms with Gasteiger partial charge in [-0.1, -0.05) is 44.2 Å². The molecule has 3 amide bonds. The fourth-order valence-corrected chi connectivity index (χ4v) is 5.12. The molecule has 44 heavy (non-hydrogen) atoms. The lowest BCUT2D eigenvalue weighted by atomic mass is 9.96. The Morgan fingerprint density at radius 1 is 1.11 bits per heavy atom. The molecule has 2 aromatic carbocycles. The Kier molecular flexibility index (Phi) is 10.6. The highest BCUT2D eigenvalue weighted by Crippen LogP contribution is 2.33. The number of hydrogen-bond acceptors (Lipinski definition) is 7. The number of benzene rings is 2. The molecule has 3 aromatic rings. The number of carbonyl (C=O) groups is 3. The van der Waals surface area contributed by atoms with E-state index in [1.54, 1.807) is 26.0 Å². The molecule has 0 unspecified atom stereocenters. The Morgan fingerprint density at radius 2 is 1.80 bits per heavy atom. The number of carbonyl (C=O) groups excluding carboxylic acids is 3. The van der Waals surface area contributed by atoms with E-state index in [4.69, 9.17) is 0 Å². The third kappa shape index (κ3) is 7.75. The van der Waals surface area contributed by atoms with E-state index in [0.717, 1.165) is 17.7 Å². The second kappa shape index (κ2) is 14.4. The van der Waals surface area contributed by atoms with E-state index in [9.17, 15) is 37.1 Å². The average Bonchev–Trinajstić information content (AvgIpc) is 3.69. The minimum Gasteiger partial charge on any atom is -0.383 e. The number of nitrogens with zero attached hydrogens (tertiary/aromatic N) is 4. The Hall–Kier alpha value is -4.40. The first-order chi connectivity index (χ1) is 21.0. The largest absolute Gasteiger partial charge is 0.383 e. The van der Waals surface area contributed by atoms with E-state index >= 15 is 0 Å². The van der Waals surface area contributed by atoms with Crippen molar-refractivity contribution < 1.29 is 37.1 Å². The summed E-state index contributed by atoms with van der Waals surface area (Å²) in [7, 11) is 0. The third-order valence-corrected chi connectivity index (χ3v) is 7.51. The minimum atomic E-state index is -2.97. The van der Waals surface area contributed by atoms with Crippen LogP contribution in [0.3, 0.4) is 0 Å². The molecule has 15 heteroatoms. The van der Waals surface area contributed by atoms with Gasteiger partial charge >= 0.3 is 0 Å². The van der Waals surface area contributed by atoms with Gasteiger partial charge in [-0.2, -0.15) is 5.21 Å². The fourth-order valence-electron chi connectivity index (χ4n) is 5.12. The molecule has 11 nitrogen and oxygen atoms in total. The maximum absolute atomic E-state index is 14.6.